The Bertz CT molecular complexity index is 954. The maximum atomic E-state index is 12.7. The zero-order chi connectivity index (χ0) is 29.2. The Morgan fingerprint density at radius 1 is 0.950 bits per heavy atom. The maximum absolute atomic E-state index is 12.7. The molecular weight excluding hydrogens is 529 g/mol. The second-order valence-corrected chi connectivity index (χ2v) is 10.9. The summed E-state index contributed by atoms with van der Waals surface area (Å²) in [6, 6.07) is 4.00. The molecular formula is C29H43F3N2O6. The Hall–Kier alpha value is -2.21. The van der Waals surface area contributed by atoms with Gasteiger partial charge in [-0.25, -0.2) is 4.79 Å². The van der Waals surface area contributed by atoms with Gasteiger partial charge in [0.05, 0.1) is 11.3 Å². The lowest BCUT2D eigenvalue weighted by molar-refractivity contribution is -0.226. The van der Waals surface area contributed by atoms with Gasteiger partial charge in [0.15, 0.2) is 12.1 Å². The Balaban J connectivity index is 1.43. The molecule has 0 aromatic heterocycles. The summed E-state index contributed by atoms with van der Waals surface area (Å²) in [5.41, 5.74) is -0.346. The van der Waals surface area contributed by atoms with Gasteiger partial charge in [0.25, 0.3) is 0 Å². The third-order valence-electron chi connectivity index (χ3n) is 6.93. The third kappa shape index (κ3) is 10.0. The number of nitrogens with zero attached hydrogens (tertiary/aromatic N) is 1. The molecule has 226 valence electrons. The van der Waals surface area contributed by atoms with E-state index in [1.165, 1.54) is 51.4 Å². The molecule has 11 heteroatoms. The maximum Gasteiger partial charge on any atom is 0.437 e. The molecule has 0 aliphatic carbocycles. The number of alkyl halides is 3. The average Bonchev–Trinajstić information content (AvgIpc) is 3.38. The fourth-order valence-electron chi connectivity index (χ4n) is 4.87. The van der Waals surface area contributed by atoms with Crippen molar-refractivity contribution in [3.63, 3.8) is 0 Å². The van der Waals surface area contributed by atoms with Crippen LogP contribution < -0.4 is 5.32 Å². The highest BCUT2D eigenvalue weighted by Gasteiger charge is 2.56. The van der Waals surface area contributed by atoms with Crippen molar-refractivity contribution in [2.75, 3.05) is 11.9 Å². The predicted molar refractivity (Wildman–Crippen MR) is 145 cm³/mol. The Labute approximate surface area is 234 Å². The van der Waals surface area contributed by atoms with E-state index in [0.29, 0.717) is 12.3 Å². The minimum Gasteiger partial charge on any atom is -0.350 e. The number of unbranched alkanes of at least 4 members (excludes halogenated alkanes) is 9. The smallest absolute Gasteiger partial charge is 0.350 e. The minimum absolute atomic E-state index is 0.137. The summed E-state index contributed by atoms with van der Waals surface area (Å²) in [5.74, 6) is -0.836. The van der Waals surface area contributed by atoms with Crippen LogP contribution in [0, 0.1) is 0 Å². The number of carbonyl (C=O) groups excluding carboxylic acids is 1. The first-order chi connectivity index (χ1) is 19.0. The van der Waals surface area contributed by atoms with Crippen molar-refractivity contribution in [2.45, 2.75) is 128 Å². The van der Waals surface area contributed by atoms with Gasteiger partial charge in [-0.2, -0.15) is 13.2 Å². The number of hydrogen-bond acceptors (Lipinski definition) is 7. The van der Waals surface area contributed by atoms with Crippen LogP contribution in [0.3, 0.4) is 0 Å². The SMILES string of the molecule is CCCCCCCCCCCCO[C@H]1O[C@H](/C(C)=N/OC(=O)Nc2ccc(C(F)(F)F)cc2)[C@@H]2OC(C)(C)O[C@H]12. The van der Waals surface area contributed by atoms with E-state index in [-0.39, 0.29) is 5.69 Å². The summed E-state index contributed by atoms with van der Waals surface area (Å²) in [4.78, 5) is 17.1. The molecule has 8 nitrogen and oxygen atoms in total. The molecule has 2 saturated heterocycles. The highest BCUT2D eigenvalue weighted by atomic mass is 19.4. The number of ether oxygens (including phenoxy) is 4. The highest BCUT2D eigenvalue weighted by molar-refractivity contribution is 5.89. The zero-order valence-electron chi connectivity index (χ0n) is 23.9. The average molecular weight is 573 g/mol. The number of hydrogen-bond donors (Lipinski definition) is 1. The molecule has 0 saturated carbocycles. The van der Waals surface area contributed by atoms with Crippen molar-refractivity contribution in [1.29, 1.82) is 0 Å². The van der Waals surface area contributed by atoms with Crippen LogP contribution in [0.5, 0.6) is 0 Å². The van der Waals surface area contributed by atoms with Gasteiger partial charge >= 0.3 is 12.3 Å². The van der Waals surface area contributed by atoms with Crippen molar-refractivity contribution in [3.05, 3.63) is 29.8 Å². The van der Waals surface area contributed by atoms with Crippen molar-refractivity contribution in [3.8, 4) is 0 Å². The van der Waals surface area contributed by atoms with Crippen LogP contribution >= 0.6 is 0 Å². The minimum atomic E-state index is -4.46. The molecule has 2 aliphatic rings. The second-order valence-electron chi connectivity index (χ2n) is 10.9. The van der Waals surface area contributed by atoms with E-state index < -0.39 is 48.2 Å². The van der Waals surface area contributed by atoms with Crippen LogP contribution in [0.2, 0.25) is 0 Å². The van der Waals surface area contributed by atoms with Crippen LogP contribution in [0.1, 0.15) is 97.5 Å². The predicted octanol–water partition coefficient (Wildman–Crippen LogP) is 7.81. The number of carbonyl (C=O) groups is 1. The molecule has 2 heterocycles. The topological polar surface area (TPSA) is 87.6 Å². The van der Waals surface area contributed by atoms with Crippen LogP contribution in [-0.2, 0) is 30.0 Å². The number of nitrogens with one attached hydrogen (secondary N) is 1. The van der Waals surface area contributed by atoms with E-state index in [0.717, 1.165) is 37.1 Å². The van der Waals surface area contributed by atoms with E-state index in [4.69, 9.17) is 23.8 Å². The first-order valence-corrected chi connectivity index (χ1v) is 14.3. The lowest BCUT2D eigenvalue weighted by Gasteiger charge is -2.24. The van der Waals surface area contributed by atoms with Gasteiger partial charge < -0.3 is 18.9 Å². The molecule has 1 N–H and O–H groups in total. The normalized spacial score (nSPS) is 24.2. The first-order valence-electron chi connectivity index (χ1n) is 14.3. The number of fused-ring (bicyclic) bond motifs is 1. The Kier molecular flexibility index (Phi) is 12.2. The molecule has 0 bridgehead atoms. The monoisotopic (exact) mass is 572 g/mol. The molecule has 4 atom stereocenters. The van der Waals surface area contributed by atoms with E-state index in [2.05, 4.69) is 17.4 Å². The zero-order valence-corrected chi connectivity index (χ0v) is 23.9. The van der Waals surface area contributed by atoms with Gasteiger partial charge in [0, 0.05) is 12.3 Å². The fraction of sp³-hybridized carbons (Fsp3) is 0.724. The van der Waals surface area contributed by atoms with E-state index >= 15 is 0 Å². The summed E-state index contributed by atoms with van der Waals surface area (Å²) < 4.78 is 62.3. The van der Waals surface area contributed by atoms with Gasteiger partial charge in [-0.05, 0) is 51.5 Å². The third-order valence-corrected chi connectivity index (χ3v) is 6.93. The summed E-state index contributed by atoms with van der Waals surface area (Å²) in [6.07, 6.45) is 4.59. The molecule has 1 aromatic carbocycles. The van der Waals surface area contributed by atoms with Crippen molar-refractivity contribution >= 4 is 17.5 Å². The van der Waals surface area contributed by atoms with Crippen LogP contribution in [0.25, 0.3) is 0 Å². The molecule has 1 aromatic rings. The molecule has 40 heavy (non-hydrogen) atoms. The van der Waals surface area contributed by atoms with Gasteiger partial charge in [0.1, 0.15) is 18.3 Å². The summed E-state index contributed by atoms with van der Waals surface area (Å²) >= 11 is 0. The van der Waals surface area contributed by atoms with Crippen LogP contribution in [0.15, 0.2) is 29.4 Å². The van der Waals surface area contributed by atoms with Crippen LogP contribution in [0.4, 0.5) is 23.7 Å². The summed E-state index contributed by atoms with van der Waals surface area (Å²) in [6.45, 7) is 8.01. The summed E-state index contributed by atoms with van der Waals surface area (Å²) in [5, 5.41) is 6.21. The van der Waals surface area contributed by atoms with Crippen LogP contribution in [-0.4, -0.2) is 48.8 Å². The largest absolute Gasteiger partial charge is 0.437 e. The fourth-order valence-corrected chi connectivity index (χ4v) is 4.87. The molecule has 2 fully saturated rings. The van der Waals surface area contributed by atoms with Crippen molar-refractivity contribution in [2.24, 2.45) is 5.16 Å². The number of halogens is 3. The highest BCUT2D eigenvalue weighted by Crippen LogP contribution is 2.39. The van der Waals surface area contributed by atoms with Gasteiger partial charge in [0.2, 0.25) is 0 Å². The van der Waals surface area contributed by atoms with Gasteiger partial charge in [-0.15, -0.1) is 0 Å². The summed E-state index contributed by atoms with van der Waals surface area (Å²) in [7, 11) is 0. The van der Waals surface area contributed by atoms with Gasteiger partial charge in [-0.1, -0.05) is 69.9 Å². The number of oxime groups is 1. The van der Waals surface area contributed by atoms with Crippen molar-refractivity contribution < 1.29 is 41.8 Å². The standard InChI is InChI=1S/C29H43F3N2O6/c1-5-6-7-8-9-10-11-12-13-14-19-36-26-25-24(38-28(3,4)39-25)23(37-26)20(2)34-40-27(35)33-22-17-15-21(16-18-22)29(30,31)32/h15-18,23-26H,5-14,19H2,1-4H3,(H,33,35)/b34-20+/t23-,24+,25+,26+/m1/s1. The van der Waals surface area contributed by atoms with Gasteiger partial charge in [-0.3, -0.25) is 10.2 Å². The number of amides is 1. The lowest BCUT2D eigenvalue weighted by Crippen LogP contribution is -2.34. The number of rotatable bonds is 15. The molecule has 3 rings (SSSR count). The first kappa shape index (κ1) is 32.3. The quantitative estimate of drug-likeness (QED) is 0.0998. The molecule has 0 spiro atoms. The lowest BCUT2D eigenvalue weighted by atomic mass is 10.1. The van der Waals surface area contributed by atoms with E-state index in [1.54, 1.807) is 6.92 Å². The van der Waals surface area contributed by atoms with E-state index in [9.17, 15) is 18.0 Å². The number of benzene rings is 1. The molecule has 1 amide bonds. The van der Waals surface area contributed by atoms with E-state index in [1.807, 2.05) is 13.8 Å². The molecule has 0 unspecified atom stereocenters. The van der Waals surface area contributed by atoms with Crippen molar-refractivity contribution in [1.82, 2.24) is 0 Å². The molecule has 0 radical (unpaired) electrons. The second kappa shape index (κ2) is 15.1. The Morgan fingerprint density at radius 2 is 1.52 bits per heavy atom. The number of anilines is 1. The Morgan fingerprint density at radius 3 is 2.12 bits per heavy atom. The molecule has 2 aliphatic heterocycles.